The molecule has 18 heavy (non-hydrogen) atoms. The Morgan fingerprint density at radius 1 is 1.50 bits per heavy atom. The second-order valence-corrected chi connectivity index (χ2v) is 5.16. The predicted octanol–water partition coefficient (Wildman–Crippen LogP) is 3.22. The highest BCUT2D eigenvalue weighted by molar-refractivity contribution is 5.95. The van der Waals surface area contributed by atoms with Crippen LogP contribution < -0.4 is 5.32 Å². The summed E-state index contributed by atoms with van der Waals surface area (Å²) in [7, 11) is 0. The Balaban J connectivity index is 2.22. The topological polar surface area (TPSA) is 52.9 Å². The van der Waals surface area contributed by atoms with E-state index >= 15 is 0 Å². The molecule has 1 aromatic carbocycles. The van der Waals surface area contributed by atoms with Crippen molar-refractivity contribution in [1.29, 1.82) is 5.26 Å². The Hall–Kier alpha value is -1.82. The molecule has 1 aromatic rings. The second-order valence-electron chi connectivity index (χ2n) is 5.16. The van der Waals surface area contributed by atoms with Crippen molar-refractivity contribution in [2.24, 2.45) is 5.92 Å². The summed E-state index contributed by atoms with van der Waals surface area (Å²) >= 11 is 0. The van der Waals surface area contributed by atoms with Crippen molar-refractivity contribution >= 4 is 11.6 Å². The molecule has 0 spiro atoms. The smallest absolute Gasteiger partial charge is 0.227 e. The fraction of sp³-hybridized carbons (Fsp3) is 0.467. The van der Waals surface area contributed by atoms with E-state index in [4.69, 9.17) is 5.26 Å². The number of carbonyl (C=O) groups is 1. The molecule has 0 radical (unpaired) electrons. The Morgan fingerprint density at radius 2 is 2.28 bits per heavy atom. The van der Waals surface area contributed by atoms with Crippen molar-refractivity contribution in [1.82, 2.24) is 0 Å². The van der Waals surface area contributed by atoms with Gasteiger partial charge in [-0.25, -0.2) is 0 Å². The Morgan fingerprint density at radius 3 is 2.94 bits per heavy atom. The van der Waals surface area contributed by atoms with Crippen LogP contribution >= 0.6 is 0 Å². The number of carbonyl (C=O) groups excluding carboxylic acids is 1. The number of rotatable bonds is 3. The van der Waals surface area contributed by atoms with E-state index in [9.17, 15) is 4.79 Å². The Bertz CT molecular complexity index is 500. The van der Waals surface area contributed by atoms with Gasteiger partial charge in [-0.15, -0.1) is 0 Å². The summed E-state index contributed by atoms with van der Waals surface area (Å²) in [5, 5.41) is 11.6. The number of fused-ring (bicyclic) bond motifs is 1. The number of benzene rings is 1. The van der Waals surface area contributed by atoms with Gasteiger partial charge in [0.1, 0.15) is 0 Å². The lowest BCUT2D eigenvalue weighted by Gasteiger charge is -2.25. The van der Waals surface area contributed by atoms with E-state index in [1.165, 1.54) is 11.1 Å². The van der Waals surface area contributed by atoms with Crippen molar-refractivity contribution in [2.45, 2.75) is 39.0 Å². The highest BCUT2D eigenvalue weighted by Gasteiger charge is 2.25. The molecule has 0 saturated heterocycles. The molecule has 0 saturated carbocycles. The zero-order valence-electron chi connectivity index (χ0n) is 10.9. The maximum atomic E-state index is 11.9. The summed E-state index contributed by atoms with van der Waals surface area (Å²) in [6.07, 6.45) is 1.84. The number of anilines is 1. The summed E-state index contributed by atoms with van der Waals surface area (Å²) in [6.45, 7) is 4.33. The molecule has 0 fully saturated rings. The normalized spacial score (nSPS) is 18.1. The maximum absolute atomic E-state index is 11.9. The molecule has 0 aliphatic carbocycles. The van der Waals surface area contributed by atoms with Crippen LogP contribution in [0.2, 0.25) is 0 Å². The minimum atomic E-state index is -0.0560. The molecule has 1 unspecified atom stereocenters. The van der Waals surface area contributed by atoms with E-state index in [0.717, 1.165) is 12.1 Å². The monoisotopic (exact) mass is 242 g/mol. The number of hydrogen-bond donors (Lipinski definition) is 1. The van der Waals surface area contributed by atoms with Gasteiger partial charge in [-0.1, -0.05) is 26.0 Å². The van der Waals surface area contributed by atoms with Gasteiger partial charge < -0.3 is 5.32 Å². The Kier molecular flexibility index (Phi) is 3.66. The number of nitrogens with zero attached hydrogens (tertiary/aromatic N) is 1. The summed E-state index contributed by atoms with van der Waals surface area (Å²) in [5.74, 6) is 0.486. The first-order valence-corrected chi connectivity index (χ1v) is 6.42. The quantitative estimate of drug-likeness (QED) is 0.884. The highest BCUT2D eigenvalue weighted by Crippen LogP contribution is 2.30. The molecule has 2 rings (SSSR count). The third kappa shape index (κ3) is 2.53. The molecule has 3 heteroatoms. The first-order valence-electron chi connectivity index (χ1n) is 6.42. The lowest BCUT2D eigenvalue weighted by molar-refractivity contribution is -0.120. The second kappa shape index (κ2) is 5.22. The van der Waals surface area contributed by atoms with E-state index in [1.54, 1.807) is 0 Å². The van der Waals surface area contributed by atoms with Gasteiger partial charge in [-0.3, -0.25) is 4.79 Å². The van der Waals surface area contributed by atoms with Gasteiger partial charge in [0.15, 0.2) is 0 Å². The van der Waals surface area contributed by atoms with Gasteiger partial charge in [0.05, 0.1) is 6.07 Å². The van der Waals surface area contributed by atoms with Crippen LogP contribution in [0.15, 0.2) is 18.2 Å². The first kappa shape index (κ1) is 12.6. The summed E-state index contributed by atoms with van der Waals surface area (Å²) in [5.41, 5.74) is 3.42. The predicted molar refractivity (Wildman–Crippen MR) is 71.2 cm³/mol. The summed E-state index contributed by atoms with van der Waals surface area (Å²) in [4.78, 5) is 11.9. The molecule has 3 nitrogen and oxygen atoms in total. The van der Waals surface area contributed by atoms with Gasteiger partial charge in [-0.05, 0) is 36.0 Å². The fourth-order valence-corrected chi connectivity index (χ4v) is 2.33. The van der Waals surface area contributed by atoms with E-state index in [2.05, 4.69) is 37.4 Å². The molecule has 1 amide bonds. The minimum Gasteiger partial charge on any atom is -0.326 e. The van der Waals surface area contributed by atoms with Crippen LogP contribution in [0.3, 0.4) is 0 Å². The molecular formula is C15H18N2O. The molecule has 0 bridgehead atoms. The van der Waals surface area contributed by atoms with Crippen molar-refractivity contribution in [3.63, 3.8) is 0 Å². The zero-order valence-corrected chi connectivity index (χ0v) is 10.9. The van der Waals surface area contributed by atoms with Crippen molar-refractivity contribution < 1.29 is 4.79 Å². The van der Waals surface area contributed by atoms with Crippen molar-refractivity contribution in [3.8, 4) is 6.07 Å². The number of hydrogen-bond acceptors (Lipinski definition) is 2. The molecule has 1 N–H and O–H groups in total. The maximum Gasteiger partial charge on any atom is 0.227 e. The largest absolute Gasteiger partial charge is 0.326 e. The van der Waals surface area contributed by atoms with Gasteiger partial charge in [0.2, 0.25) is 5.91 Å². The summed E-state index contributed by atoms with van der Waals surface area (Å²) < 4.78 is 0. The minimum absolute atomic E-state index is 0.0510. The SMILES string of the molecule is CC(C)c1ccc2c(c1)CC(CCC#N)C(=O)N2. The van der Waals surface area contributed by atoms with E-state index in [1.807, 2.05) is 6.07 Å². The van der Waals surface area contributed by atoms with Gasteiger partial charge in [0, 0.05) is 18.0 Å². The highest BCUT2D eigenvalue weighted by atomic mass is 16.1. The number of amides is 1. The first-order chi connectivity index (χ1) is 8.61. The van der Waals surface area contributed by atoms with Crippen LogP contribution in [0.25, 0.3) is 0 Å². The zero-order chi connectivity index (χ0) is 13.1. The van der Waals surface area contributed by atoms with Crippen LogP contribution in [-0.2, 0) is 11.2 Å². The number of nitrogens with one attached hydrogen (secondary N) is 1. The molecule has 1 heterocycles. The van der Waals surface area contributed by atoms with Crippen molar-refractivity contribution in [3.05, 3.63) is 29.3 Å². The molecule has 94 valence electrons. The lowest BCUT2D eigenvalue weighted by Crippen LogP contribution is -2.29. The van der Waals surface area contributed by atoms with Gasteiger partial charge >= 0.3 is 0 Å². The van der Waals surface area contributed by atoms with Crippen LogP contribution in [0, 0.1) is 17.2 Å². The van der Waals surface area contributed by atoms with E-state index < -0.39 is 0 Å². The van der Waals surface area contributed by atoms with Crippen molar-refractivity contribution in [2.75, 3.05) is 5.32 Å². The standard InChI is InChI=1S/C15H18N2O/c1-10(2)11-5-6-14-13(8-11)9-12(4-3-7-16)15(18)17-14/h5-6,8,10,12H,3-4,9H2,1-2H3,(H,17,18). The number of nitriles is 1. The molecule has 1 aliphatic rings. The van der Waals surface area contributed by atoms with Crippen LogP contribution in [0.4, 0.5) is 5.69 Å². The molecule has 1 atom stereocenters. The van der Waals surface area contributed by atoms with Crippen LogP contribution in [0.1, 0.15) is 43.7 Å². The molecule has 0 aromatic heterocycles. The van der Waals surface area contributed by atoms with Gasteiger partial charge in [0.25, 0.3) is 0 Å². The third-order valence-corrected chi connectivity index (χ3v) is 3.50. The average Bonchev–Trinajstić information content (AvgIpc) is 2.35. The third-order valence-electron chi connectivity index (χ3n) is 3.50. The summed E-state index contributed by atoms with van der Waals surface area (Å²) in [6, 6.07) is 8.35. The van der Waals surface area contributed by atoms with E-state index in [0.29, 0.717) is 18.8 Å². The van der Waals surface area contributed by atoms with Crippen LogP contribution in [-0.4, -0.2) is 5.91 Å². The Labute approximate surface area is 108 Å². The fourth-order valence-electron chi connectivity index (χ4n) is 2.33. The molecular weight excluding hydrogens is 224 g/mol. The van der Waals surface area contributed by atoms with Crippen LogP contribution in [0.5, 0.6) is 0 Å². The molecule has 1 aliphatic heterocycles. The van der Waals surface area contributed by atoms with Gasteiger partial charge in [-0.2, -0.15) is 5.26 Å². The lowest BCUT2D eigenvalue weighted by atomic mass is 9.88. The average molecular weight is 242 g/mol. The van der Waals surface area contributed by atoms with E-state index in [-0.39, 0.29) is 11.8 Å².